The molecule has 0 aliphatic heterocycles. The lowest BCUT2D eigenvalue weighted by atomic mass is 10.0. The molecule has 0 amide bonds. The third-order valence-electron chi connectivity index (χ3n) is 3.94. The average molecular weight is 338 g/mol. The minimum Gasteiger partial charge on any atom is -0.508 e. The van der Waals surface area contributed by atoms with Gasteiger partial charge in [0.1, 0.15) is 34.0 Å². The van der Waals surface area contributed by atoms with Crippen molar-refractivity contribution in [1.29, 1.82) is 0 Å². The Bertz CT molecular complexity index is 1020. The highest BCUT2D eigenvalue weighted by atomic mass is 16.3. The minimum absolute atomic E-state index is 0.0393. The lowest BCUT2D eigenvalue weighted by molar-refractivity contribution is 0.443. The first-order chi connectivity index (χ1) is 11.9. The fourth-order valence-electron chi connectivity index (χ4n) is 2.61. The van der Waals surface area contributed by atoms with Gasteiger partial charge in [0.05, 0.1) is 0 Å². The lowest BCUT2D eigenvalue weighted by Crippen LogP contribution is -2.02. The fraction of sp³-hybridized carbons (Fsp3) is 0.150. The van der Waals surface area contributed by atoms with Crippen LogP contribution < -0.4 is 5.43 Å². The van der Waals surface area contributed by atoms with E-state index in [0.29, 0.717) is 17.5 Å². The number of hydrogen-bond acceptors (Lipinski definition) is 5. The summed E-state index contributed by atoms with van der Waals surface area (Å²) in [5, 5.41) is 30.0. The van der Waals surface area contributed by atoms with Crippen molar-refractivity contribution < 1.29 is 19.7 Å². The van der Waals surface area contributed by atoms with Gasteiger partial charge in [-0.05, 0) is 44.5 Å². The highest BCUT2D eigenvalue weighted by Gasteiger charge is 2.17. The van der Waals surface area contributed by atoms with Crippen molar-refractivity contribution in [3.63, 3.8) is 0 Å². The molecule has 3 N–H and O–H groups in total. The highest BCUT2D eigenvalue weighted by molar-refractivity contribution is 5.88. The fourth-order valence-corrected chi connectivity index (χ4v) is 2.61. The smallest absolute Gasteiger partial charge is 0.197 e. The second-order valence-electron chi connectivity index (χ2n) is 6.10. The van der Waals surface area contributed by atoms with Crippen LogP contribution in [0.15, 0.2) is 57.3 Å². The van der Waals surface area contributed by atoms with E-state index in [-0.39, 0.29) is 34.0 Å². The van der Waals surface area contributed by atoms with Crippen molar-refractivity contribution in [2.45, 2.75) is 20.3 Å². The molecule has 5 heteroatoms. The van der Waals surface area contributed by atoms with E-state index in [4.69, 9.17) is 4.42 Å². The summed E-state index contributed by atoms with van der Waals surface area (Å²) in [5.41, 5.74) is 1.63. The Balaban J connectivity index is 2.20. The van der Waals surface area contributed by atoms with Gasteiger partial charge >= 0.3 is 0 Å². The first-order valence-corrected chi connectivity index (χ1v) is 7.81. The van der Waals surface area contributed by atoms with Crippen LogP contribution in [0, 0.1) is 0 Å². The van der Waals surface area contributed by atoms with Crippen molar-refractivity contribution in [3.8, 4) is 28.6 Å². The zero-order chi connectivity index (χ0) is 18.1. The van der Waals surface area contributed by atoms with Crippen LogP contribution in [0.4, 0.5) is 0 Å². The molecule has 0 bridgehead atoms. The van der Waals surface area contributed by atoms with E-state index in [2.05, 4.69) is 0 Å². The van der Waals surface area contributed by atoms with Gasteiger partial charge < -0.3 is 19.7 Å². The van der Waals surface area contributed by atoms with Crippen LogP contribution in [0.1, 0.15) is 19.4 Å². The zero-order valence-corrected chi connectivity index (χ0v) is 13.9. The first kappa shape index (κ1) is 16.6. The number of aromatic hydroxyl groups is 3. The van der Waals surface area contributed by atoms with E-state index in [1.54, 1.807) is 12.1 Å². The number of phenols is 3. The Morgan fingerprint density at radius 1 is 1.08 bits per heavy atom. The van der Waals surface area contributed by atoms with Gasteiger partial charge in [-0.15, -0.1) is 0 Å². The molecular formula is C20H18O5. The molecule has 0 aliphatic rings. The Kier molecular flexibility index (Phi) is 4.23. The van der Waals surface area contributed by atoms with E-state index in [9.17, 15) is 20.1 Å². The Hall–Kier alpha value is -3.21. The topological polar surface area (TPSA) is 90.9 Å². The molecule has 3 rings (SSSR count). The predicted molar refractivity (Wildman–Crippen MR) is 96.0 cm³/mol. The number of rotatable bonds is 3. The third-order valence-corrected chi connectivity index (χ3v) is 3.94. The molecule has 3 aromatic rings. The van der Waals surface area contributed by atoms with Gasteiger partial charge in [-0.2, -0.15) is 0 Å². The van der Waals surface area contributed by atoms with Crippen LogP contribution >= 0.6 is 0 Å². The second-order valence-corrected chi connectivity index (χ2v) is 6.10. The van der Waals surface area contributed by atoms with Crippen LogP contribution in [0.3, 0.4) is 0 Å². The van der Waals surface area contributed by atoms with Crippen LogP contribution in [-0.4, -0.2) is 15.3 Å². The number of fused-ring (bicyclic) bond motifs is 1. The standard InChI is InChI=1S/C20H18O5/c1-11(2)3-8-14-15(22)9-18-19(20(14)24)16(23)10-17(25-18)12-4-6-13(21)7-5-12/h3-7,9-10,21-22,24H,8H2,1-2H3. The molecule has 128 valence electrons. The van der Waals surface area contributed by atoms with Crippen LogP contribution in [0.5, 0.6) is 17.2 Å². The van der Waals surface area contributed by atoms with Crippen molar-refractivity contribution in [1.82, 2.24) is 0 Å². The monoisotopic (exact) mass is 338 g/mol. The number of phenolic OH excluding ortho intramolecular Hbond substituents is 3. The van der Waals surface area contributed by atoms with E-state index < -0.39 is 5.43 Å². The number of benzene rings is 2. The average Bonchev–Trinajstić information content (AvgIpc) is 2.54. The van der Waals surface area contributed by atoms with Crippen LogP contribution in [0.2, 0.25) is 0 Å². The van der Waals surface area contributed by atoms with E-state index in [1.165, 1.54) is 24.3 Å². The number of allylic oxidation sites excluding steroid dienone is 2. The van der Waals surface area contributed by atoms with Crippen LogP contribution in [-0.2, 0) is 6.42 Å². The lowest BCUT2D eigenvalue weighted by Gasteiger charge is -2.10. The van der Waals surface area contributed by atoms with Gasteiger partial charge in [0.15, 0.2) is 5.43 Å². The Labute approximate surface area is 144 Å². The second kappa shape index (κ2) is 6.36. The van der Waals surface area contributed by atoms with Gasteiger partial charge in [0.25, 0.3) is 0 Å². The van der Waals surface area contributed by atoms with Gasteiger partial charge in [-0.1, -0.05) is 11.6 Å². The minimum atomic E-state index is -0.403. The van der Waals surface area contributed by atoms with E-state index in [0.717, 1.165) is 5.57 Å². The summed E-state index contributed by atoms with van der Waals surface area (Å²) in [5.74, 6) is -0.00792. The summed E-state index contributed by atoms with van der Waals surface area (Å²) in [7, 11) is 0. The molecule has 25 heavy (non-hydrogen) atoms. The van der Waals surface area contributed by atoms with E-state index in [1.807, 2.05) is 19.9 Å². The quantitative estimate of drug-likeness (QED) is 0.626. The molecule has 0 aliphatic carbocycles. The normalized spacial score (nSPS) is 10.8. The molecular weight excluding hydrogens is 320 g/mol. The maximum Gasteiger partial charge on any atom is 0.197 e. The predicted octanol–water partition coefficient (Wildman–Crippen LogP) is 4.09. The van der Waals surface area contributed by atoms with Gasteiger partial charge in [-0.3, -0.25) is 4.79 Å². The van der Waals surface area contributed by atoms with Crippen molar-refractivity contribution in [3.05, 3.63) is 63.8 Å². The maximum atomic E-state index is 12.5. The van der Waals surface area contributed by atoms with E-state index >= 15 is 0 Å². The Morgan fingerprint density at radius 3 is 2.40 bits per heavy atom. The molecule has 0 fully saturated rings. The molecule has 2 aromatic carbocycles. The summed E-state index contributed by atoms with van der Waals surface area (Å²) in [6.45, 7) is 3.82. The highest BCUT2D eigenvalue weighted by Crippen LogP contribution is 2.36. The van der Waals surface area contributed by atoms with Crippen molar-refractivity contribution >= 4 is 11.0 Å². The Morgan fingerprint density at radius 2 is 1.76 bits per heavy atom. The number of hydrogen-bond donors (Lipinski definition) is 3. The summed E-state index contributed by atoms with van der Waals surface area (Å²) < 4.78 is 5.69. The third kappa shape index (κ3) is 3.21. The molecule has 0 spiro atoms. The van der Waals surface area contributed by atoms with Crippen molar-refractivity contribution in [2.75, 3.05) is 0 Å². The van der Waals surface area contributed by atoms with Gasteiger partial charge in [0, 0.05) is 23.3 Å². The van der Waals surface area contributed by atoms with Gasteiger partial charge in [0.2, 0.25) is 0 Å². The largest absolute Gasteiger partial charge is 0.508 e. The SMILES string of the molecule is CC(C)=CCc1c(O)cc2oc(-c3ccc(O)cc3)cc(=O)c2c1O. The zero-order valence-electron chi connectivity index (χ0n) is 13.9. The summed E-state index contributed by atoms with van der Waals surface area (Å²) in [4.78, 5) is 12.5. The molecule has 0 unspecified atom stereocenters. The van der Waals surface area contributed by atoms with Crippen LogP contribution in [0.25, 0.3) is 22.3 Å². The first-order valence-electron chi connectivity index (χ1n) is 7.81. The summed E-state index contributed by atoms with van der Waals surface area (Å²) in [6.07, 6.45) is 2.17. The van der Waals surface area contributed by atoms with Gasteiger partial charge in [-0.25, -0.2) is 0 Å². The maximum absolute atomic E-state index is 12.5. The van der Waals surface area contributed by atoms with Crippen molar-refractivity contribution in [2.24, 2.45) is 0 Å². The molecule has 0 atom stereocenters. The molecule has 1 heterocycles. The summed E-state index contributed by atoms with van der Waals surface area (Å²) in [6, 6.07) is 8.82. The molecule has 0 radical (unpaired) electrons. The molecule has 0 saturated carbocycles. The molecule has 1 aromatic heterocycles. The molecule has 0 saturated heterocycles. The molecule has 5 nitrogen and oxygen atoms in total. The summed E-state index contributed by atoms with van der Waals surface area (Å²) >= 11 is 0.